The van der Waals surface area contributed by atoms with Gasteiger partial charge in [0.1, 0.15) is 5.78 Å². The van der Waals surface area contributed by atoms with Gasteiger partial charge in [-0.25, -0.2) is 11.0 Å². The number of hydrazone groups is 1. The monoisotopic (exact) mass is 127 g/mol. The summed E-state index contributed by atoms with van der Waals surface area (Å²) in [5, 5.41) is 3.68. The number of carbonyl (C=O) groups excluding carboxylic acids is 1. The summed E-state index contributed by atoms with van der Waals surface area (Å²) in [5.41, 5.74) is 5.34. The first-order valence-corrected chi connectivity index (χ1v) is 2.82. The molecule has 1 rings (SSSR count). The molecule has 50 valence electrons. The fourth-order valence-corrected chi connectivity index (χ4v) is 0.698. The van der Waals surface area contributed by atoms with Crippen molar-refractivity contribution in [3.63, 3.8) is 0 Å². The van der Waals surface area contributed by atoms with E-state index in [1.54, 1.807) is 13.1 Å². The number of ketones is 1. The van der Waals surface area contributed by atoms with Gasteiger partial charge in [-0.3, -0.25) is 4.79 Å². The zero-order valence-electron chi connectivity index (χ0n) is 5.22. The molecule has 0 radical (unpaired) electrons. The van der Waals surface area contributed by atoms with Gasteiger partial charge in [0.05, 0.1) is 6.04 Å². The van der Waals surface area contributed by atoms with Crippen LogP contribution in [0.25, 0.3) is 0 Å². The lowest BCUT2D eigenvalue weighted by Gasteiger charge is -2.01. The maximum Gasteiger partial charge on any atom is 0.131 e. The molecule has 9 heavy (non-hydrogen) atoms. The van der Waals surface area contributed by atoms with Gasteiger partial charge in [0.15, 0.2) is 0 Å². The van der Waals surface area contributed by atoms with E-state index in [-0.39, 0.29) is 11.8 Å². The fourth-order valence-electron chi connectivity index (χ4n) is 0.698. The van der Waals surface area contributed by atoms with Crippen LogP contribution in [-0.2, 0) is 4.79 Å². The molecule has 0 fully saturated rings. The Labute approximate surface area is 53.3 Å². The first kappa shape index (κ1) is 6.22. The molecule has 0 bridgehead atoms. The van der Waals surface area contributed by atoms with E-state index >= 15 is 0 Å². The summed E-state index contributed by atoms with van der Waals surface area (Å²) in [5.74, 6) is 0.169. The molecule has 1 heterocycles. The van der Waals surface area contributed by atoms with Crippen molar-refractivity contribution in [3.05, 3.63) is 0 Å². The van der Waals surface area contributed by atoms with Crippen LogP contribution in [0, 0.1) is 0 Å². The number of hydrogen-bond donors (Lipinski definition) is 2. The van der Waals surface area contributed by atoms with E-state index in [1.165, 1.54) is 0 Å². The van der Waals surface area contributed by atoms with Gasteiger partial charge in [-0.2, -0.15) is 5.10 Å². The van der Waals surface area contributed by atoms with Crippen molar-refractivity contribution in [3.8, 4) is 0 Å². The van der Waals surface area contributed by atoms with E-state index in [0.29, 0.717) is 6.42 Å². The van der Waals surface area contributed by atoms with E-state index in [9.17, 15) is 4.79 Å². The van der Waals surface area contributed by atoms with Gasteiger partial charge in [0.2, 0.25) is 0 Å². The Morgan fingerprint density at radius 3 is 3.11 bits per heavy atom. The standard InChI is InChI=1S/C5H9N3O/c1-4(9)2-5-3-6-8-7-5/h3,5,7-8H,2H2,1H3. The van der Waals surface area contributed by atoms with Crippen LogP contribution in [0.1, 0.15) is 13.3 Å². The number of carbonyl (C=O) groups is 1. The topological polar surface area (TPSA) is 53.5 Å². The first-order chi connectivity index (χ1) is 4.29. The number of hydrazine groups is 1. The molecule has 0 aromatic heterocycles. The third-order valence-corrected chi connectivity index (χ3v) is 1.08. The lowest BCUT2D eigenvalue weighted by Crippen LogP contribution is -2.32. The van der Waals surface area contributed by atoms with Gasteiger partial charge in [0, 0.05) is 12.6 Å². The Morgan fingerprint density at radius 1 is 1.89 bits per heavy atom. The molecule has 1 aliphatic heterocycles. The molecule has 1 unspecified atom stereocenters. The lowest BCUT2D eigenvalue weighted by atomic mass is 10.2. The highest BCUT2D eigenvalue weighted by molar-refractivity contribution is 5.81. The SMILES string of the molecule is CC(=O)CC1C=NNN1. The molecule has 2 N–H and O–H groups in total. The summed E-state index contributed by atoms with van der Waals surface area (Å²) in [7, 11) is 0. The molecule has 0 aromatic rings. The van der Waals surface area contributed by atoms with Gasteiger partial charge in [0.25, 0.3) is 0 Å². The molecule has 0 aliphatic carbocycles. The highest BCUT2D eigenvalue weighted by atomic mass is 16.1. The molecule has 4 heteroatoms. The van der Waals surface area contributed by atoms with Crippen LogP contribution < -0.4 is 11.0 Å². The zero-order valence-corrected chi connectivity index (χ0v) is 5.22. The second-order valence-corrected chi connectivity index (χ2v) is 2.05. The van der Waals surface area contributed by atoms with Crippen LogP contribution in [0.5, 0.6) is 0 Å². The summed E-state index contributed by atoms with van der Waals surface area (Å²) >= 11 is 0. The predicted octanol–water partition coefficient (Wildman–Crippen LogP) is -0.572. The number of hydrogen-bond acceptors (Lipinski definition) is 4. The molecule has 0 saturated carbocycles. The predicted molar refractivity (Wildman–Crippen MR) is 33.8 cm³/mol. The number of rotatable bonds is 2. The molecule has 1 aliphatic rings. The number of nitrogens with zero attached hydrogens (tertiary/aromatic N) is 1. The maximum absolute atomic E-state index is 10.5. The van der Waals surface area contributed by atoms with Gasteiger partial charge in [-0.05, 0) is 6.92 Å². The number of nitrogens with one attached hydrogen (secondary N) is 2. The minimum atomic E-state index is 0.0856. The summed E-state index contributed by atoms with van der Waals surface area (Å²) < 4.78 is 0. The van der Waals surface area contributed by atoms with Crippen LogP contribution in [0.4, 0.5) is 0 Å². The Hall–Kier alpha value is -0.900. The van der Waals surface area contributed by atoms with Crippen LogP contribution in [-0.4, -0.2) is 18.0 Å². The highest BCUT2D eigenvalue weighted by Gasteiger charge is 2.10. The molecular weight excluding hydrogens is 118 g/mol. The van der Waals surface area contributed by atoms with E-state index in [0.717, 1.165) is 0 Å². The summed E-state index contributed by atoms with van der Waals surface area (Å²) in [6.07, 6.45) is 2.19. The lowest BCUT2D eigenvalue weighted by molar-refractivity contribution is -0.117. The summed E-state index contributed by atoms with van der Waals surface area (Å²) in [6, 6.07) is 0.0856. The number of Topliss-reactive ketones (excluding diaryl/α,β-unsaturated/α-hetero) is 1. The van der Waals surface area contributed by atoms with Crippen molar-refractivity contribution >= 4 is 12.0 Å². The minimum Gasteiger partial charge on any atom is -0.300 e. The van der Waals surface area contributed by atoms with Gasteiger partial charge in [-0.15, -0.1) is 0 Å². The van der Waals surface area contributed by atoms with E-state index < -0.39 is 0 Å². The Kier molecular flexibility index (Phi) is 1.79. The van der Waals surface area contributed by atoms with Crippen molar-refractivity contribution in [1.82, 2.24) is 11.0 Å². The Balaban J connectivity index is 2.28. The molecule has 0 spiro atoms. The van der Waals surface area contributed by atoms with Crippen molar-refractivity contribution in [2.75, 3.05) is 0 Å². The maximum atomic E-state index is 10.5. The Morgan fingerprint density at radius 2 is 2.67 bits per heavy atom. The molecule has 0 saturated heterocycles. The van der Waals surface area contributed by atoms with Crippen molar-refractivity contribution in [2.45, 2.75) is 19.4 Å². The van der Waals surface area contributed by atoms with Crippen LogP contribution in [0.2, 0.25) is 0 Å². The van der Waals surface area contributed by atoms with Crippen molar-refractivity contribution in [2.24, 2.45) is 5.10 Å². The molecule has 0 aromatic carbocycles. The summed E-state index contributed by atoms with van der Waals surface area (Å²) in [4.78, 5) is 10.5. The van der Waals surface area contributed by atoms with Gasteiger partial charge >= 0.3 is 0 Å². The zero-order chi connectivity index (χ0) is 6.69. The minimum absolute atomic E-state index is 0.0856. The third kappa shape index (κ3) is 1.81. The second kappa shape index (κ2) is 2.59. The van der Waals surface area contributed by atoms with Gasteiger partial charge < -0.3 is 0 Å². The smallest absolute Gasteiger partial charge is 0.131 e. The fraction of sp³-hybridized carbons (Fsp3) is 0.600. The average Bonchev–Trinajstić information content (AvgIpc) is 2.15. The van der Waals surface area contributed by atoms with Gasteiger partial charge in [-0.1, -0.05) is 0 Å². The Bertz CT molecular complexity index is 143. The third-order valence-electron chi connectivity index (χ3n) is 1.08. The molecule has 4 nitrogen and oxygen atoms in total. The first-order valence-electron chi connectivity index (χ1n) is 2.82. The molecular formula is C5H9N3O. The van der Waals surface area contributed by atoms with Crippen molar-refractivity contribution < 1.29 is 4.79 Å². The van der Waals surface area contributed by atoms with Crippen LogP contribution in [0.3, 0.4) is 0 Å². The largest absolute Gasteiger partial charge is 0.300 e. The second-order valence-electron chi connectivity index (χ2n) is 2.05. The quantitative estimate of drug-likeness (QED) is 0.522. The average molecular weight is 127 g/mol. The normalized spacial score (nSPS) is 23.9. The summed E-state index contributed by atoms with van der Waals surface area (Å²) in [6.45, 7) is 1.56. The highest BCUT2D eigenvalue weighted by Crippen LogP contribution is 1.91. The molecule has 1 atom stereocenters. The molecule has 0 amide bonds. The van der Waals surface area contributed by atoms with E-state index in [4.69, 9.17) is 0 Å². The van der Waals surface area contributed by atoms with Crippen LogP contribution in [0.15, 0.2) is 5.10 Å². The van der Waals surface area contributed by atoms with E-state index in [2.05, 4.69) is 16.1 Å². The van der Waals surface area contributed by atoms with E-state index in [1.807, 2.05) is 0 Å². The van der Waals surface area contributed by atoms with Crippen LogP contribution >= 0.6 is 0 Å². The van der Waals surface area contributed by atoms with Crippen molar-refractivity contribution in [1.29, 1.82) is 0 Å².